The van der Waals surface area contributed by atoms with Crippen molar-refractivity contribution >= 4 is 5.97 Å². The fraction of sp³-hybridized carbons (Fsp3) is 0.833. The highest BCUT2D eigenvalue weighted by molar-refractivity contribution is 5.72. The summed E-state index contributed by atoms with van der Waals surface area (Å²) >= 11 is 0. The van der Waals surface area contributed by atoms with Gasteiger partial charge in [0.1, 0.15) is 6.04 Å². The van der Waals surface area contributed by atoms with E-state index in [0.717, 1.165) is 0 Å². The molecule has 0 aromatic carbocycles. The van der Waals surface area contributed by atoms with Crippen molar-refractivity contribution in [3.05, 3.63) is 0 Å². The first-order valence-corrected chi connectivity index (χ1v) is 3.23. The lowest BCUT2D eigenvalue weighted by Gasteiger charge is -2.03. The van der Waals surface area contributed by atoms with Crippen molar-refractivity contribution in [1.82, 2.24) is 0 Å². The summed E-state index contributed by atoms with van der Waals surface area (Å²) < 4.78 is 11.5. The van der Waals surface area contributed by atoms with Crippen LogP contribution in [0.1, 0.15) is 19.3 Å². The lowest BCUT2D eigenvalue weighted by atomic mass is 10.1. The number of carboxylic acids is 1. The van der Waals surface area contributed by atoms with Gasteiger partial charge in [-0.25, -0.2) is 0 Å². The molecule has 4 heteroatoms. The molecule has 0 aliphatic carbocycles. The molecule has 0 saturated heterocycles. The Labute approximate surface area is 59.0 Å². The number of rotatable bonds is 5. The maximum absolute atomic E-state index is 11.5. The van der Waals surface area contributed by atoms with E-state index < -0.39 is 18.7 Å². The SMILES string of the molecule is N[C@H](CCCCF)C(=O)O. The predicted octanol–water partition coefficient (Wildman–Crippen LogP) is 0.538. The van der Waals surface area contributed by atoms with Crippen molar-refractivity contribution < 1.29 is 14.3 Å². The Hall–Kier alpha value is -0.640. The van der Waals surface area contributed by atoms with Crippen molar-refractivity contribution in [2.24, 2.45) is 5.73 Å². The Kier molecular flexibility index (Phi) is 4.84. The lowest BCUT2D eigenvalue weighted by molar-refractivity contribution is -0.138. The van der Waals surface area contributed by atoms with E-state index in [9.17, 15) is 9.18 Å². The van der Waals surface area contributed by atoms with Crippen LogP contribution in [0.3, 0.4) is 0 Å². The van der Waals surface area contributed by atoms with Gasteiger partial charge in [-0.05, 0) is 19.3 Å². The molecule has 60 valence electrons. The predicted molar refractivity (Wildman–Crippen MR) is 35.4 cm³/mol. The molecule has 3 nitrogen and oxygen atoms in total. The summed E-state index contributed by atoms with van der Waals surface area (Å²) in [5.41, 5.74) is 5.14. The van der Waals surface area contributed by atoms with Crippen LogP contribution in [-0.4, -0.2) is 23.8 Å². The van der Waals surface area contributed by atoms with E-state index >= 15 is 0 Å². The molecule has 1 atom stereocenters. The van der Waals surface area contributed by atoms with E-state index in [-0.39, 0.29) is 0 Å². The van der Waals surface area contributed by atoms with E-state index in [1.54, 1.807) is 0 Å². The molecular formula is C6H12FNO2. The standard InChI is InChI=1S/C6H12FNO2/c7-4-2-1-3-5(8)6(9)10/h5H,1-4,8H2,(H,9,10)/t5-/m1/s1. The van der Waals surface area contributed by atoms with Gasteiger partial charge in [0.2, 0.25) is 0 Å². The fourth-order valence-corrected chi connectivity index (χ4v) is 0.582. The lowest BCUT2D eigenvalue weighted by Crippen LogP contribution is -2.29. The maximum atomic E-state index is 11.5. The number of halogens is 1. The zero-order valence-electron chi connectivity index (χ0n) is 5.72. The average Bonchev–Trinajstić information content (AvgIpc) is 1.88. The highest BCUT2D eigenvalue weighted by Crippen LogP contribution is 1.98. The summed E-state index contributed by atoms with van der Waals surface area (Å²) in [5.74, 6) is -1.01. The Bertz CT molecular complexity index is 108. The number of nitrogens with two attached hydrogens (primary N) is 1. The quantitative estimate of drug-likeness (QED) is 0.561. The molecule has 0 aromatic heterocycles. The van der Waals surface area contributed by atoms with Gasteiger partial charge in [0, 0.05) is 0 Å². The summed E-state index contributed by atoms with van der Waals surface area (Å²) in [6.07, 6.45) is 1.31. The number of alkyl halides is 1. The molecule has 0 unspecified atom stereocenters. The van der Waals surface area contributed by atoms with Crippen LogP contribution in [0, 0.1) is 0 Å². The number of hydrogen-bond acceptors (Lipinski definition) is 2. The van der Waals surface area contributed by atoms with Crippen molar-refractivity contribution in [1.29, 1.82) is 0 Å². The second-order valence-electron chi connectivity index (χ2n) is 2.13. The number of unbranched alkanes of at least 4 members (excludes halogenated alkanes) is 1. The van der Waals surface area contributed by atoms with Gasteiger partial charge in [0.15, 0.2) is 0 Å². The third-order valence-electron chi connectivity index (χ3n) is 1.22. The molecule has 0 spiro atoms. The number of carbonyl (C=O) groups is 1. The number of carboxylic acid groups (broad SMARTS) is 1. The van der Waals surface area contributed by atoms with E-state index in [4.69, 9.17) is 10.8 Å². The minimum absolute atomic E-state index is 0.360. The van der Waals surface area contributed by atoms with E-state index in [0.29, 0.717) is 19.3 Å². The Balaban J connectivity index is 3.21. The molecule has 0 saturated carbocycles. The van der Waals surface area contributed by atoms with Crippen molar-refractivity contribution in [3.63, 3.8) is 0 Å². The van der Waals surface area contributed by atoms with E-state index in [1.165, 1.54) is 0 Å². The zero-order valence-corrected chi connectivity index (χ0v) is 5.72. The molecule has 0 aliphatic heterocycles. The smallest absolute Gasteiger partial charge is 0.320 e. The Morgan fingerprint density at radius 3 is 2.60 bits per heavy atom. The maximum Gasteiger partial charge on any atom is 0.320 e. The van der Waals surface area contributed by atoms with E-state index in [1.807, 2.05) is 0 Å². The highest BCUT2D eigenvalue weighted by Gasteiger charge is 2.09. The van der Waals surface area contributed by atoms with Crippen LogP contribution in [0.5, 0.6) is 0 Å². The van der Waals surface area contributed by atoms with E-state index in [2.05, 4.69) is 0 Å². The van der Waals surface area contributed by atoms with Crippen LogP contribution in [-0.2, 0) is 4.79 Å². The van der Waals surface area contributed by atoms with Gasteiger partial charge in [-0.1, -0.05) is 0 Å². The molecule has 10 heavy (non-hydrogen) atoms. The first-order valence-electron chi connectivity index (χ1n) is 3.23. The Morgan fingerprint density at radius 2 is 2.20 bits per heavy atom. The van der Waals surface area contributed by atoms with Crippen LogP contribution in [0.15, 0.2) is 0 Å². The minimum Gasteiger partial charge on any atom is -0.480 e. The number of hydrogen-bond donors (Lipinski definition) is 2. The van der Waals surface area contributed by atoms with Gasteiger partial charge < -0.3 is 10.8 Å². The molecule has 0 radical (unpaired) electrons. The summed E-state index contributed by atoms with van der Waals surface area (Å²) in [7, 11) is 0. The van der Waals surface area contributed by atoms with Gasteiger partial charge in [-0.2, -0.15) is 0 Å². The monoisotopic (exact) mass is 149 g/mol. The van der Waals surface area contributed by atoms with Crippen LogP contribution in [0.2, 0.25) is 0 Å². The fourth-order valence-electron chi connectivity index (χ4n) is 0.582. The highest BCUT2D eigenvalue weighted by atomic mass is 19.1. The largest absolute Gasteiger partial charge is 0.480 e. The van der Waals surface area contributed by atoms with Crippen LogP contribution >= 0.6 is 0 Å². The second-order valence-corrected chi connectivity index (χ2v) is 2.13. The molecule has 0 fully saturated rings. The topological polar surface area (TPSA) is 63.3 Å². The van der Waals surface area contributed by atoms with Gasteiger partial charge in [0.05, 0.1) is 6.67 Å². The van der Waals surface area contributed by atoms with Gasteiger partial charge in [-0.3, -0.25) is 9.18 Å². The van der Waals surface area contributed by atoms with Crippen molar-refractivity contribution in [2.75, 3.05) is 6.67 Å². The first kappa shape index (κ1) is 9.36. The molecule has 0 bridgehead atoms. The first-order chi connectivity index (χ1) is 4.68. The van der Waals surface area contributed by atoms with Gasteiger partial charge in [-0.15, -0.1) is 0 Å². The summed E-state index contributed by atoms with van der Waals surface area (Å²) in [4.78, 5) is 10.1. The molecule has 0 aromatic rings. The van der Waals surface area contributed by atoms with Gasteiger partial charge in [0.25, 0.3) is 0 Å². The third kappa shape index (κ3) is 4.26. The summed E-state index contributed by atoms with van der Waals surface area (Å²) in [5, 5.41) is 8.26. The molecule has 0 amide bonds. The van der Waals surface area contributed by atoms with Crippen LogP contribution in [0.4, 0.5) is 4.39 Å². The summed E-state index contributed by atoms with van der Waals surface area (Å²) in [6.45, 7) is -0.396. The minimum atomic E-state index is -1.01. The third-order valence-corrected chi connectivity index (χ3v) is 1.22. The Morgan fingerprint density at radius 1 is 1.60 bits per heavy atom. The molecule has 0 heterocycles. The van der Waals surface area contributed by atoms with Gasteiger partial charge >= 0.3 is 5.97 Å². The molecular weight excluding hydrogens is 137 g/mol. The second kappa shape index (κ2) is 5.17. The molecule has 0 aliphatic rings. The van der Waals surface area contributed by atoms with Crippen molar-refractivity contribution in [3.8, 4) is 0 Å². The molecule has 0 rings (SSSR count). The average molecular weight is 149 g/mol. The van der Waals surface area contributed by atoms with Crippen LogP contribution in [0.25, 0.3) is 0 Å². The van der Waals surface area contributed by atoms with Crippen molar-refractivity contribution in [2.45, 2.75) is 25.3 Å². The molecule has 3 N–H and O–H groups in total. The van der Waals surface area contributed by atoms with Crippen LogP contribution < -0.4 is 5.73 Å². The normalized spacial score (nSPS) is 13.0. The summed E-state index contributed by atoms with van der Waals surface area (Å²) in [6, 6.07) is -0.827. The number of aliphatic carboxylic acids is 1. The zero-order chi connectivity index (χ0) is 7.98.